The molecule has 1 amide bonds. The van der Waals surface area contributed by atoms with Gasteiger partial charge in [0.15, 0.2) is 0 Å². The van der Waals surface area contributed by atoms with Gasteiger partial charge < -0.3 is 26.2 Å². The Kier molecular flexibility index (Phi) is 5.01. The zero-order chi connectivity index (χ0) is 14.4. The third-order valence-electron chi connectivity index (χ3n) is 2.32. The summed E-state index contributed by atoms with van der Waals surface area (Å²) in [6.07, 6.45) is 2.40. The quantitative estimate of drug-likeness (QED) is 0.396. The molecule has 0 aliphatic rings. The van der Waals surface area contributed by atoms with E-state index in [2.05, 4.69) is 15.3 Å². The number of amides is 1. The van der Waals surface area contributed by atoms with Crippen LogP contribution < -0.4 is 11.1 Å². The lowest BCUT2D eigenvalue weighted by Gasteiger charge is -2.14. The van der Waals surface area contributed by atoms with Crippen molar-refractivity contribution in [2.24, 2.45) is 5.73 Å². The molecular weight excluding hydrogens is 256 g/mol. The number of nitrogens with one attached hydrogen (secondary N) is 2. The van der Waals surface area contributed by atoms with Crippen molar-refractivity contribution in [3.8, 4) is 0 Å². The monoisotopic (exact) mass is 270 g/mol. The molecule has 2 atom stereocenters. The minimum atomic E-state index is -1.36. The lowest BCUT2D eigenvalue weighted by atomic mass is 10.1. The number of aromatic amines is 1. The van der Waals surface area contributed by atoms with Crippen LogP contribution in [0, 0.1) is 0 Å². The number of nitrogens with two attached hydrogens (primary N) is 1. The number of carboxylic acids is 2. The zero-order valence-electron chi connectivity index (χ0n) is 9.87. The summed E-state index contributed by atoms with van der Waals surface area (Å²) in [5.74, 6) is -3.30. The molecule has 0 saturated carbocycles. The number of hydrogen-bond acceptors (Lipinski definition) is 5. The molecule has 9 heteroatoms. The second-order valence-electron chi connectivity index (χ2n) is 3.87. The molecule has 0 aromatic carbocycles. The molecule has 1 heterocycles. The van der Waals surface area contributed by atoms with Gasteiger partial charge in [-0.2, -0.15) is 0 Å². The standard InChI is InChI=1S/C10H14N4O5/c11-6(9(16)17)2-8(15)14-7(10(18)19)1-5-3-12-4-13-5/h3-4,6-7H,1-2,11H2,(H,12,13)(H,14,15)(H,16,17)(H,18,19)/t6-,7-/m0/s1. The van der Waals surface area contributed by atoms with Crippen LogP contribution in [0.3, 0.4) is 0 Å². The van der Waals surface area contributed by atoms with Crippen molar-refractivity contribution >= 4 is 17.8 Å². The number of carbonyl (C=O) groups is 3. The number of carbonyl (C=O) groups excluding carboxylic acids is 1. The van der Waals surface area contributed by atoms with Crippen LogP contribution in [-0.4, -0.2) is 50.1 Å². The first-order valence-electron chi connectivity index (χ1n) is 5.38. The first-order chi connectivity index (χ1) is 8.90. The van der Waals surface area contributed by atoms with Crippen molar-refractivity contribution in [2.45, 2.75) is 24.9 Å². The van der Waals surface area contributed by atoms with E-state index in [0.717, 1.165) is 0 Å². The van der Waals surface area contributed by atoms with E-state index in [1.807, 2.05) is 0 Å². The third kappa shape index (κ3) is 4.76. The fraction of sp³-hybridized carbons (Fsp3) is 0.400. The first-order valence-corrected chi connectivity index (χ1v) is 5.38. The molecule has 104 valence electrons. The minimum absolute atomic E-state index is 0.00706. The summed E-state index contributed by atoms with van der Waals surface area (Å²) < 4.78 is 0. The molecule has 0 aliphatic carbocycles. The van der Waals surface area contributed by atoms with Gasteiger partial charge in [-0.15, -0.1) is 0 Å². The van der Waals surface area contributed by atoms with Crippen molar-refractivity contribution in [1.82, 2.24) is 15.3 Å². The van der Waals surface area contributed by atoms with Gasteiger partial charge in [0.1, 0.15) is 12.1 Å². The predicted octanol–water partition coefficient (Wildman–Crippen LogP) is -1.68. The summed E-state index contributed by atoms with van der Waals surface area (Å²) in [7, 11) is 0. The molecule has 0 bridgehead atoms. The van der Waals surface area contributed by atoms with Gasteiger partial charge in [-0.3, -0.25) is 9.59 Å². The highest BCUT2D eigenvalue weighted by Gasteiger charge is 2.23. The Morgan fingerprint density at radius 1 is 1.37 bits per heavy atom. The van der Waals surface area contributed by atoms with Crippen LogP contribution in [0.1, 0.15) is 12.1 Å². The lowest BCUT2D eigenvalue weighted by molar-refractivity contribution is -0.142. The summed E-state index contributed by atoms with van der Waals surface area (Å²) >= 11 is 0. The number of rotatable bonds is 7. The topological polar surface area (TPSA) is 158 Å². The van der Waals surface area contributed by atoms with Crippen molar-refractivity contribution < 1.29 is 24.6 Å². The second kappa shape index (κ2) is 6.50. The van der Waals surface area contributed by atoms with Gasteiger partial charge in [0.2, 0.25) is 5.91 Å². The predicted molar refractivity (Wildman–Crippen MR) is 62.1 cm³/mol. The number of imidazole rings is 1. The molecule has 0 aliphatic heterocycles. The van der Waals surface area contributed by atoms with Crippen molar-refractivity contribution in [2.75, 3.05) is 0 Å². The van der Waals surface area contributed by atoms with E-state index in [-0.39, 0.29) is 6.42 Å². The van der Waals surface area contributed by atoms with Gasteiger partial charge >= 0.3 is 11.9 Å². The van der Waals surface area contributed by atoms with Gasteiger partial charge in [-0.05, 0) is 0 Å². The number of nitrogens with zero attached hydrogens (tertiary/aromatic N) is 1. The molecule has 0 radical (unpaired) electrons. The van der Waals surface area contributed by atoms with E-state index >= 15 is 0 Å². The van der Waals surface area contributed by atoms with E-state index in [1.54, 1.807) is 0 Å². The Labute approximate surface area is 107 Å². The molecule has 19 heavy (non-hydrogen) atoms. The summed E-state index contributed by atoms with van der Waals surface area (Å²) in [5.41, 5.74) is 5.65. The molecule has 1 rings (SSSR count). The summed E-state index contributed by atoms with van der Waals surface area (Å²) in [6, 6.07) is -2.54. The van der Waals surface area contributed by atoms with Gasteiger partial charge in [-0.25, -0.2) is 9.78 Å². The van der Waals surface area contributed by atoms with Crippen molar-refractivity contribution in [3.63, 3.8) is 0 Å². The Bertz CT molecular complexity index is 458. The normalized spacial score (nSPS) is 13.5. The van der Waals surface area contributed by atoms with Crippen LogP contribution in [0.4, 0.5) is 0 Å². The second-order valence-corrected chi connectivity index (χ2v) is 3.87. The molecule has 6 N–H and O–H groups in total. The number of H-pyrrole nitrogens is 1. The van der Waals surface area contributed by atoms with Crippen molar-refractivity contribution in [3.05, 3.63) is 18.2 Å². The Morgan fingerprint density at radius 3 is 2.53 bits per heavy atom. The summed E-state index contributed by atoms with van der Waals surface area (Å²) in [5, 5.41) is 19.7. The molecular formula is C10H14N4O5. The molecule has 0 spiro atoms. The average molecular weight is 270 g/mol. The largest absolute Gasteiger partial charge is 0.480 e. The molecule has 0 unspecified atom stereocenters. The van der Waals surface area contributed by atoms with Gasteiger partial charge in [-0.1, -0.05) is 0 Å². The van der Waals surface area contributed by atoms with E-state index in [1.165, 1.54) is 12.5 Å². The van der Waals surface area contributed by atoms with Gasteiger partial charge in [0, 0.05) is 12.6 Å². The third-order valence-corrected chi connectivity index (χ3v) is 2.32. The van der Waals surface area contributed by atoms with Crippen molar-refractivity contribution in [1.29, 1.82) is 0 Å². The highest BCUT2D eigenvalue weighted by molar-refractivity contribution is 5.87. The van der Waals surface area contributed by atoms with E-state index < -0.39 is 36.4 Å². The summed E-state index contributed by atoms with van der Waals surface area (Å²) in [4.78, 5) is 39.4. The SMILES string of the molecule is N[C@@H](CC(=O)N[C@@H](Cc1c[nH]cn1)C(=O)O)C(=O)O. The fourth-order valence-corrected chi connectivity index (χ4v) is 1.35. The lowest BCUT2D eigenvalue weighted by Crippen LogP contribution is -2.45. The van der Waals surface area contributed by atoms with Gasteiger partial charge in [0.05, 0.1) is 18.4 Å². The smallest absolute Gasteiger partial charge is 0.326 e. The molecule has 9 nitrogen and oxygen atoms in total. The molecule has 1 aromatic heterocycles. The van der Waals surface area contributed by atoms with Crippen LogP contribution in [0.25, 0.3) is 0 Å². The van der Waals surface area contributed by atoms with Crippen LogP contribution in [0.5, 0.6) is 0 Å². The van der Waals surface area contributed by atoms with Crippen LogP contribution >= 0.6 is 0 Å². The van der Waals surface area contributed by atoms with E-state index in [4.69, 9.17) is 15.9 Å². The highest BCUT2D eigenvalue weighted by atomic mass is 16.4. The number of hydrogen-bond donors (Lipinski definition) is 5. The zero-order valence-corrected chi connectivity index (χ0v) is 9.87. The molecule has 0 fully saturated rings. The maximum atomic E-state index is 11.5. The van der Waals surface area contributed by atoms with E-state index in [9.17, 15) is 14.4 Å². The Balaban J connectivity index is 2.56. The average Bonchev–Trinajstić information content (AvgIpc) is 2.80. The summed E-state index contributed by atoms with van der Waals surface area (Å²) in [6.45, 7) is 0. The number of carboxylic acid groups (broad SMARTS) is 2. The number of aromatic nitrogens is 2. The maximum absolute atomic E-state index is 11.5. The maximum Gasteiger partial charge on any atom is 0.326 e. The fourth-order valence-electron chi connectivity index (χ4n) is 1.35. The highest BCUT2D eigenvalue weighted by Crippen LogP contribution is 2.00. The van der Waals surface area contributed by atoms with Crippen LogP contribution in [0.15, 0.2) is 12.5 Å². The van der Waals surface area contributed by atoms with E-state index in [0.29, 0.717) is 5.69 Å². The first kappa shape index (κ1) is 14.6. The number of aliphatic carboxylic acids is 2. The van der Waals surface area contributed by atoms with Gasteiger partial charge in [0.25, 0.3) is 0 Å². The Hall–Kier alpha value is -2.42. The molecule has 1 aromatic rings. The minimum Gasteiger partial charge on any atom is -0.480 e. The molecule has 0 saturated heterocycles. The van der Waals surface area contributed by atoms with Crippen LogP contribution in [0.2, 0.25) is 0 Å². The van der Waals surface area contributed by atoms with Crippen LogP contribution in [-0.2, 0) is 20.8 Å². The Morgan fingerprint density at radius 2 is 2.05 bits per heavy atom.